The van der Waals surface area contributed by atoms with Crippen LogP contribution in [0.25, 0.3) is 0 Å². The molecule has 1 aromatic rings. The van der Waals surface area contributed by atoms with Crippen LogP contribution in [-0.2, 0) is 4.79 Å². The third-order valence-electron chi connectivity index (χ3n) is 2.82. The summed E-state index contributed by atoms with van der Waals surface area (Å²) in [6.07, 6.45) is 1.16. The van der Waals surface area contributed by atoms with Crippen molar-refractivity contribution in [3.05, 3.63) is 24.3 Å². The summed E-state index contributed by atoms with van der Waals surface area (Å²) in [5, 5.41) is 11.2. The van der Waals surface area contributed by atoms with Gasteiger partial charge in [0.2, 0.25) is 5.91 Å². The maximum Gasteiger partial charge on any atom is 0.241 e. The molecule has 5 nitrogen and oxygen atoms in total. The normalized spacial score (nSPS) is 11.8. The van der Waals surface area contributed by atoms with Crippen molar-refractivity contribution in [2.75, 3.05) is 11.9 Å². The molecule has 1 atom stereocenters. The van der Waals surface area contributed by atoms with Crippen molar-refractivity contribution in [3.8, 4) is 11.8 Å². The van der Waals surface area contributed by atoms with Crippen LogP contribution in [0.1, 0.15) is 26.7 Å². The summed E-state index contributed by atoms with van der Waals surface area (Å²) in [4.78, 5) is 11.9. The average Bonchev–Trinajstić information content (AvgIpc) is 2.43. The molecule has 0 saturated heterocycles. The summed E-state index contributed by atoms with van der Waals surface area (Å²) in [6, 6.07) is 8.68. The smallest absolute Gasteiger partial charge is 0.241 e. The van der Waals surface area contributed by atoms with Crippen LogP contribution in [0.5, 0.6) is 5.75 Å². The maximum absolute atomic E-state index is 11.9. The molecule has 5 heteroatoms. The minimum absolute atomic E-state index is 0.0837. The Balaban J connectivity index is 2.55. The van der Waals surface area contributed by atoms with Gasteiger partial charge in [0, 0.05) is 18.2 Å². The van der Waals surface area contributed by atoms with Gasteiger partial charge < -0.3 is 15.8 Å². The van der Waals surface area contributed by atoms with E-state index < -0.39 is 6.04 Å². The highest BCUT2D eigenvalue weighted by molar-refractivity contribution is 5.94. The number of ether oxygens (including phenoxy) is 1. The minimum atomic E-state index is -0.532. The van der Waals surface area contributed by atoms with Crippen LogP contribution in [0.4, 0.5) is 5.69 Å². The molecule has 0 fully saturated rings. The number of benzene rings is 1. The van der Waals surface area contributed by atoms with Crippen molar-refractivity contribution in [1.29, 1.82) is 5.26 Å². The number of nitrogens with zero attached hydrogens (tertiary/aromatic N) is 1. The Morgan fingerprint density at radius 1 is 1.50 bits per heavy atom. The summed E-state index contributed by atoms with van der Waals surface area (Å²) in [5.74, 6) is 0.543. The number of carbonyl (C=O) groups is 1. The van der Waals surface area contributed by atoms with Crippen LogP contribution < -0.4 is 15.8 Å². The zero-order chi connectivity index (χ0) is 15.0. The molecule has 0 aromatic heterocycles. The fourth-order valence-corrected chi connectivity index (χ4v) is 1.53. The molecular formula is C15H21N3O2. The third-order valence-corrected chi connectivity index (χ3v) is 2.82. The van der Waals surface area contributed by atoms with E-state index in [4.69, 9.17) is 15.7 Å². The van der Waals surface area contributed by atoms with E-state index in [-0.39, 0.29) is 11.8 Å². The molecule has 1 rings (SSSR count). The van der Waals surface area contributed by atoms with E-state index in [1.807, 2.05) is 19.9 Å². The first-order valence-corrected chi connectivity index (χ1v) is 6.71. The number of rotatable bonds is 7. The second-order valence-corrected chi connectivity index (χ2v) is 4.90. The second kappa shape index (κ2) is 8.18. The molecule has 108 valence electrons. The van der Waals surface area contributed by atoms with Crippen molar-refractivity contribution < 1.29 is 9.53 Å². The third kappa shape index (κ3) is 5.29. The Morgan fingerprint density at radius 3 is 2.90 bits per heavy atom. The van der Waals surface area contributed by atoms with Gasteiger partial charge in [-0.1, -0.05) is 19.9 Å². The van der Waals surface area contributed by atoms with Gasteiger partial charge in [-0.2, -0.15) is 5.26 Å². The standard InChI is InChI=1S/C15H21N3O2/c1-11(2)14(17)15(19)18-12-6-5-7-13(10-12)20-9-4-3-8-16/h5-7,10-11,14H,3-4,9,17H2,1-2H3,(H,18,19). The number of nitriles is 1. The topological polar surface area (TPSA) is 88.1 Å². The Labute approximate surface area is 119 Å². The molecule has 0 aliphatic rings. The molecule has 0 radical (unpaired) electrons. The van der Waals surface area contributed by atoms with Gasteiger partial charge in [0.25, 0.3) is 0 Å². The molecule has 1 amide bonds. The average molecular weight is 275 g/mol. The molecule has 0 aliphatic carbocycles. The van der Waals surface area contributed by atoms with Crippen LogP contribution in [0, 0.1) is 17.2 Å². The highest BCUT2D eigenvalue weighted by Crippen LogP contribution is 2.18. The summed E-state index contributed by atoms with van der Waals surface area (Å²) in [6.45, 7) is 4.29. The predicted molar refractivity (Wildman–Crippen MR) is 78.2 cm³/mol. The van der Waals surface area contributed by atoms with Gasteiger partial charge in [0.15, 0.2) is 0 Å². The van der Waals surface area contributed by atoms with Gasteiger partial charge in [0.1, 0.15) is 5.75 Å². The highest BCUT2D eigenvalue weighted by Gasteiger charge is 2.17. The lowest BCUT2D eigenvalue weighted by Gasteiger charge is -2.15. The number of hydrogen-bond acceptors (Lipinski definition) is 4. The van der Waals surface area contributed by atoms with Crippen molar-refractivity contribution in [2.45, 2.75) is 32.7 Å². The summed E-state index contributed by atoms with van der Waals surface area (Å²) in [5.41, 5.74) is 6.44. The molecule has 3 N–H and O–H groups in total. The molecule has 1 aromatic carbocycles. The molecule has 0 bridgehead atoms. The second-order valence-electron chi connectivity index (χ2n) is 4.90. The lowest BCUT2D eigenvalue weighted by Crippen LogP contribution is -2.39. The maximum atomic E-state index is 11.9. The van der Waals surface area contributed by atoms with Gasteiger partial charge in [-0.05, 0) is 24.5 Å². The predicted octanol–water partition coefficient (Wildman–Crippen LogP) is 2.29. The Kier molecular flexibility index (Phi) is 6.54. The molecular weight excluding hydrogens is 254 g/mol. The Bertz CT molecular complexity index is 480. The quantitative estimate of drug-likeness (QED) is 0.747. The van der Waals surface area contributed by atoms with Crippen LogP contribution in [0.15, 0.2) is 24.3 Å². The van der Waals surface area contributed by atoms with Crippen molar-refractivity contribution >= 4 is 11.6 Å². The van der Waals surface area contributed by atoms with Gasteiger partial charge >= 0.3 is 0 Å². The van der Waals surface area contributed by atoms with E-state index >= 15 is 0 Å². The first-order valence-electron chi connectivity index (χ1n) is 6.71. The number of carbonyl (C=O) groups excluding carboxylic acids is 1. The number of nitrogens with two attached hydrogens (primary N) is 1. The number of nitrogens with one attached hydrogen (secondary N) is 1. The van der Waals surface area contributed by atoms with Gasteiger partial charge in [-0.15, -0.1) is 0 Å². The van der Waals surface area contributed by atoms with Gasteiger partial charge in [0.05, 0.1) is 18.7 Å². The van der Waals surface area contributed by atoms with Crippen LogP contribution in [0.2, 0.25) is 0 Å². The first kappa shape index (κ1) is 16.0. The Hall–Kier alpha value is -2.06. The van der Waals surface area contributed by atoms with E-state index in [9.17, 15) is 4.79 Å². The lowest BCUT2D eigenvalue weighted by atomic mass is 10.0. The van der Waals surface area contributed by atoms with E-state index in [2.05, 4.69) is 11.4 Å². The van der Waals surface area contributed by atoms with Crippen molar-refractivity contribution in [1.82, 2.24) is 0 Å². The molecule has 0 aliphatic heterocycles. The number of hydrogen-bond donors (Lipinski definition) is 2. The molecule has 0 saturated carbocycles. The monoisotopic (exact) mass is 275 g/mol. The zero-order valence-electron chi connectivity index (χ0n) is 11.9. The summed E-state index contributed by atoms with van der Waals surface area (Å²) in [7, 11) is 0. The summed E-state index contributed by atoms with van der Waals surface area (Å²) < 4.78 is 5.50. The number of amides is 1. The molecule has 0 heterocycles. The first-order chi connectivity index (χ1) is 9.54. The largest absolute Gasteiger partial charge is 0.493 e. The van der Waals surface area contributed by atoms with Gasteiger partial charge in [-0.25, -0.2) is 0 Å². The fraction of sp³-hybridized carbons (Fsp3) is 0.467. The number of unbranched alkanes of at least 4 members (excludes halogenated alkanes) is 1. The zero-order valence-corrected chi connectivity index (χ0v) is 11.9. The van der Waals surface area contributed by atoms with Crippen molar-refractivity contribution in [2.24, 2.45) is 11.7 Å². The number of anilines is 1. The van der Waals surface area contributed by atoms with Crippen molar-refractivity contribution in [3.63, 3.8) is 0 Å². The van der Waals surface area contributed by atoms with Gasteiger partial charge in [-0.3, -0.25) is 4.79 Å². The van der Waals surface area contributed by atoms with Crippen LogP contribution in [-0.4, -0.2) is 18.6 Å². The molecule has 20 heavy (non-hydrogen) atoms. The van der Waals surface area contributed by atoms with E-state index in [1.165, 1.54) is 0 Å². The van der Waals surface area contributed by atoms with Crippen LogP contribution in [0.3, 0.4) is 0 Å². The fourth-order valence-electron chi connectivity index (χ4n) is 1.53. The Morgan fingerprint density at radius 2 is 2.25 bits per heavy atom. The minimum Gasteiger partial charge on any atom is -0.493 e. The van der Waals surface area contributed by atoms with Crippen LogP contribution >= 0.6 is 0 Å². The lowest BCUT2D eigenvalue weighted by molar-refractivity contribution is -0.118. The van der Waals surface area contributed by atoms with E-state index in [0.29, 0.717) is 30.9 Å². The molecule has 1 unspecified atom stereocenters. The molecule has 0 spiro atoms. The highest BCUT2D eigenvalue weighted by atomic mass is 16.5. The van der Waals surface area contributed by atoms with E-state index in [0.717, 1.165) is 0 Å². The summed E-state index contributed by atoms with van der Waals surface area (Å²) >= 11 is 0. The van der Waals surface area contributed by atoms with E-state index in [1.54, 1.807) is 18.2 Å². The SMILES string of the molecule is CC(C)C(N)C(=O)Nc1cccc(OCCCC#N)c1.